The minimum Gasteiger partial charge on any atom is -0.504 e. The van der Waals surface area contributed by atoms with Crippen LogP contribution in [0.3, 0.4) is 0 Å². The Morgan fingerprint density at radius 3 is 2.35 bits per heavy atom. The molecule has 2 heterocycles. The lowest BCUT2D eigenvalue weighted by Crippen LogP contribution is -2.48. The summed E-state index contributed by atoms with van der Waals surface area (Å²) >= 11 is 0. The number of phenols is 2. The normalized spacial score (nSPS) is 14.3. The third kappa shape index (κ3) is 4.72. The zero-order chi connectivity index (χ0) is 26.3. The summed E-state index contributed by atoms with van der Waals surface area (Å²) < 4.78 is 43.5. The largest absolute Gasteiger partial charge is 0.504 e. The summed E-state index contributed by atoms with van der Waals surface area (Å²) in [5.41, 5.74) is 2.37. The Morgan fingerprint density at radius 2 is 1.70 bits per heavy atom. The standard InChI is InChI=1S/C26H23F3N4O4/c1-37-22-13-16(12-21(34)23(22)35)24-30-19-7-6-18(14-20(19)31-24)32-8-10-33(11-9-32)25(36)15-2-4-17(5-3-15)26(27,28)29/h2-7,12-14,34-35H,8-11H2,1H3,(H,30,31). The average Bonchev–Trinajstić information content (AvgIpc) is 3.33. The monoisotopic (exact) mass is 512 g/mol. The number of anilines is 1. The van der Waals surface area contributed by atoms with Crippen LogP contribution in [0, 0.1) is 0 Å². The maximum absolute atomic E-state index is 12.8. The van der Waals surface area contributed by atoms with E-state index in [2.05, 4.69) is 14.9 Å². The third-order valence-electron chi connectivity index (χ3n) is 6.41. The molecule has 5 rings (SSSR count). The number of nitrogens with one attached hydrogen (secondary N) is 1. The molecule has 0 bridgehead atoms. The van der Waals surface area contributed by atoms with Gasteiger partial charge in [0.2, 0.25) is 5.75 Å². The minimum absolute atomic E-state index is 0.125. The Bertz CT molecular complexity index is 1460. The van der Waals surface area contributed by atoms with Crippen molar-refractivity contribution in [3.05, 3.63) is 65.7 Å². The van der Waals surface area contributed by atoms with E-state index in [0.29, 0.717) is 43.1 Å². The number of carbonyl (C=O) groups excluding carboxylic acids is 1. The van der Waals surface area contributed by atoms with E-state index >= 15 is 0 Å². The molecule has 11 heteroatoms. The highest BCUT2D eigenvalue weighted by Crippen LogP contribution is 2.39. The number of aromatic amines is 1. The summed E-state index contributed by atoms with van der Waals surface area (Å²) in [4.78, 5) is 24.3. The van der Waals surface area contributed by atoms with Gasteiger partial charge in [0.1, 0.15) is 5.82 Å². The van der Waals surface area contributed by atoms with Crippen molar-refractivity contribution in [2.24, 2.45) is 0 Å². The number of amides is 1. The average molecular weight is 512 g/mol. The van der Waals surface area contributed by atoms with Crippen LogP contribution in [0.2, 0.25) is 0 Å². The number of aromatic hydroxyl groups is 2. The van der Waals surface area contributed by atoms with Crippen LogP contribution in [-0.2, 0) is 6.18 Å². The fraction of sp³-hybridized carbons (Fsp3) is 0.231. The number of nitrogens with zero attached hydrogens (tertiary/aromatic N) is 3. The molecule has 3 aromatic carbocycles. The molecule has 4 aromatic rings. The van der Waals surface area contributed by atoms with Crippen molar-refractivity contribution in [3.63, 3.8) is 0 Å². The second-order valence-corrected chi connectivity index (χ2v) is 8.69. The van der Waals surface area contributed by atoms with E-state index in [4.69, 9.17) is 4.74 Å². The van der Waals surface area contributed by atoms with E-state index in [9.17, 15) is 28.2 Å². The van der Waals surface area contributed by atoms with Crippen molar-refractivity contribution in [2.45, 2.75) is 6.18 Å². The molecular formula is C26H23F3N4O4. The van der Waals surface area contributed by atoms with Crippen LogP contribution < -0.4 is 9.64 Å². The third-order valence-corrected chi connectivity index (χ3v) is 6.41. The first kappa shape index (κ1) is 24.3. The molecular weight excluding hydrogens is 489 g/mol. The molecule has 1 saturated heterocycles. The number of benzene rings is 3. The first-order valence-corrected chi connectivity index (χ1v) is 11.5. The lowest BCUT2D eigenvalue weighted by molar-refractivity contribution is -0.137. The number of methoxy groups -OCH3 is 1. The number of hydrogen-bond donors (Lipinski definition) is 3. The number of fused-ring (bicyclic) bond motifs is 1. The first-order chi connectivity index (χ1) is 17.6. The molecule has 0 spiro atoms. The van der Waals surface area contributed by atoms with Crippen molar-refractivity contribution in [1.82, 2.24) is 14.9 Å². The number of hydrogen-bond acceptors (Lipinski definition) is 6. The van der Waals surface area contributed by atoms with Crippen LogP contribution >= 0.6 is 0 Å². The molecule has 1 amide bonds. The van der Waals surface area contributed by atoms with Crippen molar-refractivity contribution in [1.29, 1.82) is 0 Å². The summed E-state index contributed by atoms with van der Waals surface area (Å²) in [6, 6.07) is 13.0. The smallest absolute Gasteiger partial charge is 0.416 e. The summed E-state index contributed by atoms with van der Waals surface area (Å²) in [7, 11) is 1.39. The summed E-state index contributed by atoms with van der Waals surface area (Å²) in [6.45, 7) is 1.96. The molecule has 0 unspecified atom stereocenters. The van der Waals surface area contributed by atoms with Crippen LogP contribution in [0.15, 0.2) is 54.6 Å². The van der Waals surface area contributed by atoms with E-state index in [-0.39, 0.29) is 28.7 Å². The summed E-state index contributed by atoms with van der Waals surface area (Å²) in [5.74, 6) is -0.347. The number of H-pyrrole nitrogens is 1. The second kappa shape index (κ2) is 9.23. The van der Waals surface area contributed by atoms with Crippen LogP contribution in [-0.4, -0.2) is 64.3 Å². The quantitative estimate of drug-likeness (QED) is 0.345. The maximum atomic E-state index is 12.8. The van der Waals surface area contributed by atoms with Crippen molar-refractivity contribution in [2.75, 3.05) is 38.2 Å². The lowest BCUT2D eigenvalue weighted by Gasteiger charge is -2.36. The van der Waals surface area contributed by atoms with Crippen LogP contribution in [0.1, 0.15) is 15.9 Å². The van der Waals surface area contributed by atoms with Gasteiger partial charge in [-0.2, -0.15) is 13.2 Å². The Morgan fingerprint density at radius 1 is 1.00 bits per heavy atom. The zero-order valence-electron chi connectivity index (χ0n) is 19.7. The predicted molar refractivity (Wildman–Crippen MR) is 131 cm³/mol. The molecule has 0 atom stereocenters. The highest BCUT2D eigenvalue weighted by Gasteiger charge is 2.31. The van der Waals surface area contributed by atoms with Gasteiger partial charge in [-0.15, -0.1) is 0 Å². The highest BCUT2D eigenvalue weighted by atomic mass is 19.4. The van der Waals surface area contributed by atoms with E-state index in [1.165, 1.54) is 25.3 Å². The van der Waals surface area contributed by atoms with Crippen LogP contribution in [0.5, 0.6) is 17.2 Å². The van der Waals surface area contributed by atoms with E-state index in [1.54, 1.807) is 11.0 Å². The molecule has 0 saturated carbocycles. The van der Waals surface area contributed by atoms with Gasteiger partial charge in [0, 0.05) is 43.0 Å². The van der Waals surface area contributed by atoms with E-state index < -0.39 is 11.7 Å². The number of halogens is 3. The molecule has 1 aromatic heterocycles. The second-order valence-electron chi connectivity index (χ2n) is 8.69. The SMILES string of the molecule is COc1cc(-c2nc3cc(N4CCN(C(=O)c5ccc(C(F)(F)F)cc5)CC4)ccc3[nH]2)cc(O)c1O. The summed E-state index contributed by atoms with van der Waals surface area (Å²) in [6.07, 6.45) is -4.44. The molecule has 0 radical (unpaired) electrons. The predicted octanol–water partition coefficient (Wildman–Crippen LogP) is 4.63. The van der Waals surface area contributed by atoms with Gasteiger partial charge in [0.15, 0.2) is 11.5 Å². The Balaban J connectivity index is 1.29. The Hall–Kier alpha value is -4.41. The highest BCUT2D eigenvalue weighted by molar-refractivity contribution is 5.94. The van der Waals surface area contributed by atoms with Crippen molar-refractivity contribution in [3.8, 4) is 28.6 Å². The van der Waals surface area contributed by atoms with Gasteiger partial charge in [-0.25, -0.2) is 4.98 Å². The molecule has 1 aliphatic heterocycles. The van der Waals surface area contributed by atoms with Gasteiger partial charge in [-0.1, -0.05) is 0 Å². The van der Waals surface area contributed by atoms with Gasteiger partial charge in [-0.3, -0.25) is 4.79 Å². The molecule has 0 aliphatic carbocycles. The van der Waals surface area contributed by atoms with Crippen LogP contribution in [0.25, 0.3) is 22.4 Å². The topological polar surface area (TPSA) is 102 Å². The van der Waals surface area contributed by atoms with Crippen molar-refractivity contribution >= 4 is 22.6 Å². The van der Waals surface area contributed by atoms with Crippen molar-refractivity contribution < 1.29 is 32.9 Å². The fourth-order valence-corrected chi connectivity index (χ4v) is 4.37. The first-order valence-electron chi connectivity index (χ1n) is 11.5. The lowest BCUT2D eigenvalue weighted by atomic mass is 10.1. The number of rotatable bonds is 4. The molecule has 1 aliphatic rings. The molecule has 8 nitrogen and oxygen atoms in total. The number of imidazole rings is 1. The number of piperazine rings is 1. The van der Waals surface area contributed by atoms with Crippen LogP contribution in [0.4, 0.5) is 18.9 Å². The number of carbonyl (C=O) groups is 1. The van der Waals surface area contributed by atoms with Gasteiger partial charge in [0.05, 0.1) is 23.7 Å². The van der Waals surface area contributed by atoms with Gasteiger partial charge in [0.25, 0.3) is 5.91 Å². The maximum Gasteiger partial charge on any atom is 0.416 e. The molecule has 1 fully saturated rings. The summed E-state index contributed by atoms with van der Waals surface area (Å²) in [5, 5.41) is 19.9. The van der Waals surface area contributed by atoms with E-state index in [0.717, 1.165) is 23.3 Å². The van der Waals surface area contributed by atoms with E-state index in [1.807, 2.05) is 18.2 Å². The van der Waals surface area contributed by atoms with Gasteiger partial charge < -0.3 is 29.7 Å². The number of alkyl halides is 3. The minimum atomic E-state index is -4.44. The zero-order valence-corrected chi connectivity index (χ0v) is 19.7. The number of phenolic OH excluding ortho intramolecular Hbond substituents is 2. The van der Waals surface area contributed by atoms with Gasteiger partial charge >= 0.3 is 6.18 Å². The molecule has 37 heavy (non-hydrogen) atoms. The molecule has 3 N–H and O–H groups in total. The fourth-order valence-electron chi connectivity index (χ4n) is 4.37. The number of aromatic nitrogens is 2. The Kier molecular flexibility index (Phi) is 6.06. The van der Waals surface area contributed by atoms with Gasteiger partial charge in [-0.05, 0) is 54.6 Å². The Labute approximate surface area is 209 Å². The molecule has 192 valence electrons. The number of ether oxygens (including phenoxy) is 1.